The lowest BCUT2D eigenvalue weighted by molar-refractivity contribution is -0.116. The third-order valence-corrected chi connectivity index (χ3v) is 6.59. The number of amides is 1. The lowest BCUT2D eigenvalue weighted by atomic mass is 10.2. The molecule has 0 radical (unpaired) electrons. The molecule has 0 aliphatic heterocycles. The summed E-state index contributed by atoms with van der Waals surface area (Å²) in [7, 11) is -4.12. The molecule has 168 valence electrons. The van der Waals surface area contributed by atoms with Crippen LogP contribution in [0.1, 0.15) is 12.5 Å². The van der Waals surface area contributed by atoms with Crippen molar-refractivity contribution in [3.05, 3.63) is 89.2 Å². The van der Waals surface area contributed by atoms with Gasteiger partial charge in [0.25, 0.3) is 0 Å². The second-order valence-electron chi connectivity index (χ2n) is 6.80. The van der Waals surface area contributed by atoms with Gasteiger partial charge in [0, 0.05) is 17.1 Å². The molecule has 0 aliphatic carbocycles. The molecule has 32 heavy (non-hydrogen) atoms. The van der Waals surface area contributed by atoms with Gasteiger partial charge >= 0.3 is 0 Å². The molecule has 0 aromatic heterocycles. The van der Waals surface area contributed by atoms with Gasteiger partial charge in [-0.3, -0.25) is 4.79 Å². The highest BCUT2D eigenvalue weighted by molar-refractivity contribution is 7.89. The Hall–Kier alpha value is -2.94. The summed E-state index contributed by atoms with van der Waals surface area (Å²) in [6.45, 7) is 1.36. The molecule has 0 atom stereocenters. The minimum Gasteiger partial charge on any atom is -0.492 e. The third-order valence-electron chi connectivity index (χ3n) is 4.54. The number of nitrogens with zero attached hydrogens (tertiary/aromatic N) is 1. The molecule has 0 fully saturated rings. The zero-order valence-corrected chi connectivity index (χ0v) is 18.9. The summed E-state index contributed by atoms with van der Waals surface area (Å²) in [6.07, 6.45) is 0. The van der Waals surface area contributed by atoms with E-state index in [-0.39, 0.29) is 17.0 Å². The van der Waals surface area contributed by atoms with Crippen LogP contribution in [0.15, 0.2) is 77.7 Å². The summed E-state index contributed by atoms with van der Waals surface area (Å²) in [4.78, 5) is 12.7. The van der Waals surface area contributed by atoms with Crippen molar-refractivity contribution in [3.63, 3.8) is 0 Å². The summed E-state index contributed by atoms with van der Waals surface area (Å²) in [5.74, 6) is -0.693. The molecule has 0 bridgehead atoms. The van der Waals surface area contributed by atoms with Crippen molar-refractivity contribution >= 4 is 33.2 Å². The van der Waals surface area contributed by atoms with Gasteiger partial charge in [-0.2, -0.15) is 4.31 Å². The van der Waals surface area contributed by atoms with Gasteiger partial charge in [-0.25, -0.2) is 12.8 Å². The van der Waals surface area contributed by atoms with Crippen molar-refractivity contribution in [2.45, 2.75) is 18.4 Å². The van der Waals surface area contributed by atoms with Gasteiger partial charge in [0.1, 0.15) is 11.6 Å². The highest BCUT2D eigenvalue weighted by atomic mass is 35.5. The molecule has 0 unspecified atom stereocenters. The SMILES string of the molecule is CCOc1ccccc1NC(=O)CN(Cc1ccccc1F)S(=O)(=O)c1ccc(Cl)cc1. The minimum atomic E-state index is -4.12. The molecule has 6 nitrogen and oxygen atoms in total. The van der Waals surface area contributed by atoms with E-state index < -0.39 is 28.3 Å². The molecular weight excluding hydrogens is 455 g/mol. The lowest BCUT2D eigenvalue weighted by Crippen LogP contribution is -2.37. The first kappa shape index (κ1) is 23.7. The number of hydrogen-bond donors (Lipinski definition) is 1. The fourth-order valence-electron chi connectivity index (χ4n) is 3.00. The summed E-state index contributed by atoms with van der Waals surface area (Å²) in [6, 6.07) is 18.2. The van der Waals surface area contributed by atoms with Crippen molar-refractivity contribution in [1.82, 2.24) is 4.31 Å². The number of ether oxygens (including phenoxy) is 1. The molecule has 3 rings (SSSR count). The largest absolute Gasteiger partial charge is 0.492 e. The molecular formula is C23H22ClFN2O4S. The van der Waals surface area contributed by atoms with Crippen molar-refractivity contribution in [2.24, 2.45) is 0 Å². The molecule has 0 aliphatic rings. The predicted molar refractivity (Wildman–Crippen MR) is 122 cm³/mol. The van der Waals surface area contributed by atoms with Gasteiger partial charge in [-0.05, 0) is 49.4 Å². The number of carbonyl (C=O) groups is 1. The Kier molecular flexibility index (Phi) is 7.84. The zero-order valence-electron chi connectivity index (χ0n) is 17.3. The van der Waals surface area contributed by atoms with Gasteiger partial charge in [-0.1, -0.05) is 41.9 Å². The number of hydrogen-bond acceptors (Lipinski definition) is 4. The number of benzene rings is 3. The smallest absolute Gasteiger partial charge is 0.243 e. The van der Waals surface area contributed by atoms with Crippen LogP contribution in [0, 0.1) is 5.82 Å². The summed E-state index contributed by atoms with van der Waals surface area (Å²) in [5, 5.41) is 3.04. The van der Waals surface area contributed by atoms with E-state index in [0.717, 1.165) is 4.31 Å². The van der Waals surface area contributed by atoms with Gasteiger partial charge in [0.15, 0.2) is 0 Å². The molecule has 9 heteroatoms. The number of halogens is 2. The molecule has 3 aromatic carbocycles. The van der Waals surface area contributed by atoms with Crippen molar-refractivity contribution in [2.75, 3.05) is 18.5 Å². The van der Waals surface area contributed by atoms with Crippen LogP contribution in [0.5, 0.6) is 5.75 Å². The number of anilines is 1. The van der Waals surface area contributed by atoms with Crippen LogP contribution >= 0.6 is 11.6 Å². The maximum absolute atomic E-state index is 14.3. The van der Waals surface area contributed by atoms with Crippen LogP contribution in [0.2, 0.25) is 5.02 Å². The summed E-state index contributed by atoms with van der Waals surface area (Å²) >= 11 is 5.87. The minimum absolute atomic E-state index is 0.0549. The average molecular weight is 477 g/mol. The van der Waals surface area contributed by atoms with Crippen molar-refractivity contribution < 1.29 is 22.3 Å². The second-order valence-corrected chi connectivity index (χ2v) is 9.17. The molecule has 0 saturated heterocycles. The normalized spacial score (nSPS) is 11.4. The van der Waals surface area contributed by atoms with Crippen molar-refractivity contribution in [3.8, 4) is 5.75 Å². The van der Waals surface area contributed by atoms with E-state index in [1.165, 1.54) is 42.5 Å². The molecule has 0 spiro atoms. The Morgan fingerprint density at radius 1 is 1.03 bits per heavy atom. The summed E-state index contributed by atoms with van der Waals surface area (Å²) < 4.78 is 47.2. The second kappa shape index (κ2) is 10.6. The van der Waals surface area contributed by atoms with E-state index in [9.17, 15) is 17.6 Å². The standard InChI is InChI=1S/C23H22ClFN2O4S/c1-2-31-22-10-6-5-9-21(22)26-23(28)16-27(15-17-7-3-4-8-20(17)25)32(29,30)19-13-11-18(24)12-14-19/h3-14H,2,15-16H2,1H3,(H,26,28). The van der Waals surface area contributed by atoms with E-state index in [1.54, 1.807) is 30.3 Å². The molecule has 0 heterocycles. The first-order valence-corrected chi connectivity index (χ1v) is 11.6. The van der Waals surface area contributed by atoms with E-state index >= 15 is 0 Å². The summed E-state index contributed by atoms with van der Waals surface area (Å²) in [5.41, 5.74) is 0.557. The van der Waals surface area contributed by atoms with Crippen LogP contribution in [0.3, 0.4) is 0 Å². The Labute approximate surface area is 191 Å². The third kappa shape index (κ3) is 5.85. The topological polar surface area (TPSA) is 75.7 Å². The molecule has 1 amide bonds. The van der Waals surface area contributed by atoms with Gasteiger partial charge < -0.3 is 10.1 Å². The number of sulfonamides is 1. The van der Waals surface area contributed by atoms with Gasteiger partial charge in [0.05, 0.1) is 23.7 Å². The maximum atomic E-state index is 14.3. The highest BCUT2D eigenvalue weighted by Crippen LogP contribution is 2.25. The van der Waals surface area contributed by atoms with E-state index in [0.29, 0.717) is 23.1 Å². The number of carbonyl (C=O) groups excluding carboxylic acids is 1. The van der Waals surface area contributed by atoms with Crippen LogP contribution in [0.25, 0.3) is 0 Å². The van der Waals surface area contributed by atoms with Gasteiger partial charge in [-0.15, -0.1) is 0 Å². The van der Waals surface area contributed by atoms with E-state index in [4.69, 9.17) is 16.3 Å². The average Bonchev–Trinajstić information content (AvgIpc) is 2.76. The molecule has 1 N–H and O–H groups in total. The number of nitrogens with one attached hydrogen (secondary N) is 1. The van der Waals surface area contributed by atoms with Crippen LogP contribution in [-0.2, 0) is 21.4 Å². The maximum Gasteiger partial charge on any atom is 0.243 e. The Bertz CT molecular complexity index is 1190. The Balaban J connectivity index is 1.89. The molecule has 3 aromatic rings. The quantitative estimate of drug-likeness (QED) is 0.485. The first-order chi connectivity index (χ1) is 15.3. The van der Waals surface area contributed by atoms with Crippen LogP contribution in [0.4, 0.5) is 10.1 Å². The fraction of sp³-hybridized carbons (Fsp3) is 0.174. The monoisotopic (exact) mass is 476 g/mol. The molecule has 0 saturated carbocycles. The highest BCUT2D eigenvalue weighted by Gasteiger charge is 2.28. The first-order valence-electron chi connectivity index (χ1n) is 9.82. The number of para-hydroxylation sites is 2. The van der Waals surface area contributed by atoms with E-state index in [1.807, 2.05) is 6.92 Å². The zero-order chi connectivity index (χ0) is 23.1. The predicted octanol–water partition coefficient (Wildman–Crippen LogP) is 4.71. The Morgan fingerprint density at radius 3 is 2.38 bits per heavy atom. The number of rotatable bonds is 9. The van der Waals surface area contributed by atoms with Crippen molar-refractivity contribution in [1.29, 1.82) is 0 Å². The van der Waals surface area contributed by atoms with Crippen LogP contribution in [-0.4, -0.2) is 31.8 Å². The van der Waals surface area contributed by atoms with E-state index in [2.05, 4.69) is 5.32 Å². The Morgan fingerprint density at radius 2 is 1.69 bits per heavy atom. The van der Waals surface area contributed by atoms with Crippen LogP contribution < -0.4 is 10.1 Å². The van der Waals surface area contributed by atoms with Gasteiger partial charge in [0.2, 0.25) is 15.9 Å². The fourth-order valence-corrected chi connectivity index (χ4v) is 4.50. The lowest BCUT2D eigenvalue weighted by Gasteiger charge is -2.22.